The molecule has 10 nitrogen and oxygen atoms in total. The first-order valence-electron chi connectivity index (χ1n) is 11.9. The van der Waals surface area contributed by atoms with Gasteiger partial charge in [-0.15, -0.1) is 0 Å². The summed E-state index contributed by atoms with van der Waals surface area (Å²) in [5.74, 6) is -4.36. The van der Waals surface area contributed by atoms with Crippen molar-refractivity contribution >= 4 is 40.6 Å². The molecule has 230 valence electrons. The van der Waals surface area contributed by atoms with E-state index >= 15 is 0 Å². The van der Waals surface area contributed by atoms with Crippen molar-refractivity contribution in [3.05, 3.63) is 85.0 Å². The molecule has 0 saturated carbocycles. The fraction of sp³-hybridized carbons (Fsp3) is 0.292. The van der Waals surface area contributed by atoms with E-state index in [4.69, 9.17) is 33.1 Å². The number of carbonyl (C=O) groups is 2. The molecule has 5 rings (SSSR count). The van der Waals surface area contributed by atoms with Crippen molar-refractivity contribution in [3.8, 4) is 0 Å². The van der Waals surface area contributed by atoms with Gasteiger partial charge in [0.1, 0.15) is 22.5 Å². The van der Waals surface area contributed by atoms with Gasteiger partial charge < -0.3 is 19.8 Å². The van der Waals surface area contributed by atoms with Gasteiger partial charge in [0.2, 0.25) is 12.2 Å². The fourth-order valence-corrected chi connectivity index (χ4v) is 4.78. The summed E-state index contributed by atoms with van der Waals surface area (Å²) in [5.41, 5.74) is 1.44. The second-order valence-electron chi connectivity index (χ2n) is 9.17. The normalized spacial score (nSPS) is 13.5. The lowest BCUT2D eigenvalue weighted by molar-refractivity contribution is -0.778. The molecule has 0 spiro atoms. The van der Waals surface area contributed by atoms with E-state index in [1.165, 1.54) is 33.7 Å². The molecular weight excluding hydrogens is 640 g/mol. The molecule has 1 aliphatic rings. The standard InChI is InChI=1S/C22H16Cl2F4N6O2.C2HF3O2/c23-14-7-18-20(35)29-8-12(34(18)19(14)24)5-11-1-2-15(25)13(6-11)21(36)32-4-3-17-16(9-32)30-31-33(17)10-22(26,27)28;3-2(4,5)1(6)7/h1-2,6-8H,3-5,9-10H2,(H,29,35);(H,6,7). The molecule has 1 aromatic carbocycles. The topological polar surface area (TPSA) is 130 Å². The van der Waals surface area contributed by atoms with Crippen LogP contribution in [0, 0.1) is 5.82 Å². The van der Waals surface area contributed by atoms with Crippen molar-refractivity contribution in [1.82, 2.24) is 24.6 Å². The zero-order valence-electron chi connectivity index (χ0n) is 21.2. The molecule has 1 aliphatic heterocycles. The van der Waals surface area contributed by atoms with E-state index in [-0.39, 0.29) is 52.7 Å². The van der Waals surface area contributed by atoms with E-state index in [2.05, 4.69) is 15.3 Å². The molecule has 1 amide bonds. The van der Waals surface area contributed by atoms with Crippen LogP contribution in [0.25, 0.3) is 5.52 Å². The predicted octanol–water partition coefficient (Wildman–Crippen LogP) is 2.73. The SMILES string of the molecule is O=C([O-])C(F)(F)F.O=C(c1cc(Cc2c[nH]c(=O)c3cc(Cl)c(Cl)n23)ccc1F)N1CCc2c(n[nH][n+]2CC(F)(F)F)C1. The summed E-state index contributed by atoms with van der Waals surface area (Å²) in [6.45, 7) is -1.17. The van der Waals surface area contributed by atoms with E-state index in [1.54, 1.807) is 0 Å². The average molecular weight is 657 g/mol. The molecule has 0 radical (unpaired) electrons. The summed E-state index contributed by atoms with van der Waals surface area (Å²) >= 11 is 12.3. The van der Waals surface area contributed by atoms with Gasteiger partial charge in [0.25, 0.3) is 11.5 Å². The highest BCUT2D eigenvalue weighted by Crippen LogP contribution is 2.27. The summed E-state index contributed by atoms with van der Waals surface area (Å²) in [4.78, 5) is 38.0. The Morgan fingerprint density at radius 3 is 2.42 bits per heavy atom. The Labute approximate surface area is 245 Å². The molecule has 0 fully saturated rings. The van der Waals surface area contributed by atoms with E-state index in [0.717, 1.165) is 10.7 Å². The molecule has 43 heavy (non-hydrogen) atoms. The third-order valence-electron chi connectivity index (χ3n) is 6.21. The summed E-state index contributed by atoms with van der Waals surface area (Å²) in [6, 6.07) is 5.50. The number of H-pyrrole nitrogens is 2. The first-order valence-corrected chi connectivity index (χ1v) is 12.7. The van der Waals surface area contributed by atoms with Gasteiger partial charge in [-0.25, -0.2) is 4.39 Å². The monoisotopic (exact) mass is 656 g/mol. The van der Waals surface area contributed by atoms with Crippen LogP contribution in [0.2, 0.25) is 10.2 Å². The molecule has 0 unspecified atom stereocenters. The number of fused-ring (bicyclic) bond motifs is 2. The van der Waals surface area contributed by atoms with Gasteiger partial charge in [0, 0.05) is 36.4 Å². The first kappa shape index (κ1) is 31.8. The van der Waals surface area contributed by atoms with Gasteiger partial charge in [-0.1, -0.05) is 34.5 Å². The number of alkyl halides is 6. The van der Waals surface area contributed by atoms with Crippen LogP contribution in [-0.4, -0.2) is 55.4 Å². The highest BCUT2D eigenvalue weighted by molar-refractivity contribution is 6.42. The maximum atomic E-state index is 14.7. The maximum Gasteiger partial charge on any atom is 0.430 e. The summed E-state index contributed by atoms with van der Waals surface area (Å²) < 4.78 is 86.9. The van der Waals surface area contributed by atoms with Gasteiger partial charge in [0.05, 0.1) is 17.1 Å². The third-order valence-corrected chi connectivity index (χ3v) is 6.97. The number of hydrogen-bond donors (Lipinski definition) is 2. The largest absolute Gasteiger partial charge is 0.542 e. The van der Waals surface area contributed by atoms with Crippen molar-refractivity contribution in [1.29, 1.82) is 0 Å². The zero-order chi connectivity index (χ0) is 31.9. The Morgan fingerprint density at radius 1 is 1.12 bits per heavy atom. The number of benzene rings is 1. The maximum absolute atomic E-state index is 14.7. The van der Waals surface area contributed by atoms with Crippen LogP contribution in [0.1, 0.15) is 33.0 Å². The number of aromatic amines is 2. The second-order valence-corrected chi connectivity index (χ2v) is 9.94. The van der Waals surface area contributed by atoms with Crippen molar-refractivity contribution in [2.75, 3.05) is 6.54 Å². The van der Waals surface area contributed by atoms with E-state index < -0.39 is 36.6 Å². The number of hydrogen-bond acceptors (Lipinski definition) is 5. The van der Waals surface area contributed by atoms with Crippen LogP contribution < -0.4 is 15.3 Å². The Hall–Kier alpha value is -4.12. The Kier molecular flexibility index (Phi) is 8.78. The highest BCUT2D eigenvalue weighted by Gasteiger charge is 2.38. The molecule has 2 N–H and O–H groups in total. The summed E-state index contributed by atoms with van der Waals surface area (Å²) in [5, 5.41) is 15.4. The van der Waals surface area contributed by atoms with Crippen molar-refractivity contribution < 1.29 is 50.1 Å². The minimum atomic E-state index is -5.19. The minimum absolute atomic E-state index is 0.0583. The van der Waals surface area contributed by atoms with E-state index in [0.29, 0.717) is 22.6 Å². The van der Waals surface area contributed by atoms with Gasteiger partial charge in [-0.3, -0.25) is 14.0 Å². The van der Waals surface area contributed by atoms with Crippen LogP contribution >= 0.6 is 23.2 Å². The molecule has 0 bridgehead atoms. The number of carboxylic acids is 1. The lowest BCUT2D eigenvalue weighted by atomic mass is 10.0. The van der Waals surface area contributed by atoms with Crippen LogP contribution in [0.15, 0.2) is 35.3 Å². The Morgan fingerprint density at radius 2 is 1.79 bits per heavy atom. The lowest BCUT2D eigenvalue weighted by Crippen LogP contribution is -2.48. The van der Waals surface area contributed by atoms with Crippen LogP contribution in [-0.2, 0) is 30.7 Å². The number of amides is 1. The first-order chi connectivity index (χ1) is 20.0. The molecule has 0 atom stereocenters. The number of aliphatic carboxylic acids is 1. The highest BCUT2D eigenvalue weighted by atomic mass is 35.5. The van der Waals surface area contributed by atoms with Crippen molar-refractivity contribution in [2.45, 2.75) is 38.3 Å². The summed E-state index contributed by atoms with van der Waals surface area (Å²) in [6.07, 6.45) is -7.83. The van der Waals surface area contributed by atoms with Crippen LogP contribution in [0.3, 0.4) is 0 Å². The number of rotatable bonds is 4. The second kappa shape index (κ2) is 11.9. The number of carbonyl (C=O) groups excluding carboxylic acids is 2. The lowest BCUT2D eigenvalue weighted by Gasteiger charge is -2.24. The quantitative estimate of drug-likeness (QED) is 0.258. The summed E-state index contributed by atoms with van der Waals surface area (Å²) in [7, 11) is 0. The number of aromatic nitrogens is 5. The smallest absolute Gasteiger partial charge is 0.430 e. The van der Waals surface area contributed by atoms with Gasteiger partial charge in [-0.05, 0) is 23.8 Å². The predicted molar refractivity (Wildman–Crippen MR) is 132 cm³/mol. The number of nitrogens with one attached hydrogen (secondary N) is 2. The number of carboxylic acid groups (broad SMARTS) is 1. The average Bonchev–Trinajstić information content (AvgIpc) is 3.45. The molecule has 3 aromatic heterocycles. The third kappa shape index (κ3) is 7.10. The van der Waals surface area contributed by atoms with Gasteiger partial charge in [0.15, 0.2) is 5.69 Å². The fourth-order valence-electron chi connectivity index (χ4n) is 4.34. The van der Waals surface area contributed by atoms with E-state index in [1.807, 2.05) is 0 Å². The van der Waals surface area contributed by atoms with Crippen LogP contribution in [0.5, 0.6) is 0 Å². The zero-order valence-corrected chi connectivity index (χ0v) is 22.8. The number of halogens is 9. The van der Waals surface area contributed by atoms with E-state index in [9.17, 15) is 40.3 Å². The molecule has 19 heteroatoms. The molecule has 0 saturated heterocycles. The molecule has 4 aromatic rings. The van der Waals surface area contributed by atoms with Gasteiger partial charge in [-0.2, -0.15) is 31.0 Å². The molecule has 0 aliphatic carbocycles. The van der Waals surface area contributed by atoms with Crippen LogP contribution in [0.4, 0.5) is 30.7 Å². The van der Waals surface area contributed by atoms with Gasteiger partial charge >= 0.3 is 12.4 Å². The van der Waals surface area contributed by atoms with Crippen molar-refractivity contribution in [3.63, 3.8) is 0 Å². The Bertz CT molecular complexity index is 1760. The van der Waals surface area contributed by atoms with Crippen molar-refractivity contribution in [2.24, 2.45) is 0 Å². The number of nitrogens with zero attached hydrogens (tertiary/aromatic N) is 4. The molecule has 4 heterocycles. The Balaban J connectivity index is 0.000000541. The minimum Gasteiger partial charge on any atom is -0.542 e. The molecular formula is C24H17Cl2F7N6O4.